The van der Waals surface area contributed by atoms with Crippen molar-refractivity contribution in [2.45, 2.75) is 76.5 Å². The fourth-order valence-corrected chi connectivity index (χ4v) is 5.21. The maximum atomic E-state index is 12.9. The second kappa shape index (κ2) is 8.78. The van der Waals surface area contributed by atoms with E-state index in [9.17, 15) is 4.79 Å². The molecule has 2 heterocycles. The van der Waals surface area contributed by atoms with Gasteiger partial charge in [0.25, 0.3) is 5.56 Å². The largest absolute Gasteiger partial charge is 0.497 e. The van der Waals surface area contributed by atoms with E-state index >= 15 is 0 Å². The van der Waals surface area contributed by atoms with Crippen LogP contribution < -0.4 is 10.3 Å². The van der Waals surface area contributed by atoms with Crippen LogP contribution >= 0.6 is 0 Å². The second-order valence-electron chi connectivity index (χ2n) is 8.90. The summed E-state index contributed by atoms with van der Waals surface area (Å²) in [7, 11) is 1.66. The number of nitrogens with one attached hydrogen (secondary N) is 1. The molecule has 2 fully saturated rings. The molecule has 2 aliphatic carbocycles. The molecule has 31 heavy (non-hydrogen) atoms. The van der Waals surface area contributed by atoms with E-state index in [2.05, 4.69) is 25.4 Å². The third-order valence-corrected chi connectivity index (χ3v) is 6.92. The standard InChI is InChI=1S/C23H30N6O2/c1-31-20-10-11-21-16(13-20)12-17(23(30)24-21)14-28(18-6-2-3-7-18)15-22-25-26-27-29(22)19-8-4-5-9-19/h10-13,18-19H,2-9,14-15H2,1H3,(H,24,30). The number of hydrogen-bond donors (Lipinski definition) is 1. The number of fused-ring (bicyclic) bond motifs is 1. The number of H-pyrrole nitrogens is 1. The van der Waals surface area contributed by atoms with Crippen LogP contribution in [0.4, 0.5) is 0 Å². The fraction of sp³-hybridized carbons (Fsp3) is 0.565. The summed E-state index contributed by atoms with van der Waals surface area (Å²) in [6, 6.07) is 8.59. The van der Waals surface area contributed by atoms with Crippen LogP contribution in [-0.4, -0.2) is 43.2 Å². The van der Waals surface area contributed by atoms with Gasteiger partial charge in [-0.1, -0.05) is 25.7 Å². The third-order valence-electron chi connectivity index (χ3n) is 6.92. The average Bonchev–Trinajstić information content (AvgIpc) is 3.55. The maximum Gasteiger partial charge on any atom is 0.252 e. The van der Waals surface area contributed by atoms with Gasteiger partial charge in [-0.15, -0.1) is 5.10 Å². The molecule has 0 aliphatic heterocycles. The first-order valence-electron chi connectivity index (χ1n) is 11.4. The third kappa shape index (κ3) is 4.21. The van der Waals surface area contributed by atoms with E-state index in [4.69, 9.17) is 4.74 Å². The topological polar surface area (TPSA) is 88.9 Å². The zero-order chi connectivity index (χ0) is 21.2. The molecule has 164 valence electrons. The molecule has 0 unspecified atom stereocenters. The first-order valence-corrected chi connectivity index (χ1v) is 11.4. The highest BCUT2D eigenvalue weighted by molar-refractivity contribution is 5.80. The number of aromatic amines is 1. The van der Waals surface area contributed by atoms with Gasteiger partial charge in [0, 0.05) is 29.1 Å². The normalized spacial score (nSPS) is 17.9. The molecule has 0 atom stereocenters. The van der Waals surface area contributed by atoms with Gasteiger partial charge in [-0.2, -0.15) is 0 Å². The van der Waals surface area contributed by atoms with Crippen LogP contribution in [0.15, 0.2) is 29.1 Å². The predicted molar refractivity (Wildman–Crippen MR) is 118 cm³/mol. The lowest BCUT2D eigenvalue weighted by molar-refractivity contribution is 0.170. The molecule has 0 bridgehead atoms. The van der Waals surface area contributed by atoms with Crippen molar-refractivity contribution in [3.63, 3.8) is 0 Å². The molecule has 0 amide bonds. The molecule has 0 spiro atoms. The van der Waals surface area contributed by atoms with Crippen molar-refractivity contribution < 1.29 is 4.74 Å². The van der Waals surface area contributed by atoms with Crippen molar-refractivity contribution >= 4 is 10.9 Å². The summed E-state index contributed by atoms with van der Waals surface area (Å²) in [5, 5.41) is 13.6. The van der Waals surface area contributed by atoms with E-state index in [-0.39, 0.29) is 5.56 Å². The van der Waals surface area contributed by atoms with E-state index in [1.54, 1.807) is 7.11 Å². The Kier molecular flexibility index (Phi) is 5.72. The number of ether oxygens (including phenoxy) is 1. The minimum Gasteiger partial charge on any atom is -0.497 e. The van der Waals surface area contributed by atoms with Gasteiger partial charge in [0.15, 0.2) is 5.82 Å². The maximum absolute atomic E-state index is 12.9. The molecule has 0 saturated heterocycles. The van der Waals surface area contributed by atoms with Crippen molar-refractivity contribution in [2.75, 3.05) is 7.11 Å². The number of hydrogen-bond acceptors (Lipinski definition) is 6. The second-order valence-corrected chi connectivity index (χ2v) is 8.90. The fourth-order valence-electron chi connectivity index (χ4n) is 5.21. The summed E-state index contributed by atoms with van der Waals surface area (Å²) in [5.41, 5.74) is 1.57. The number of aromatic nitrogens is 5. The molecule has 1 aromatic carbocycles. The Labute approximate surface area is 181 Å². The minimum absolute atomic E-state index is 0.0314. The molecule has 5 rings (SSSR count). The lowest BCUT2D eigenvalue weighted by Crippen LogP contribution is -2.35. The SMILES string of the molecule is COc1ccc2[nH]c(=O)c(CN(Cc3nnnn3C3CCCC3)C3CCCC3)cc2c1. The highest BCUT2D eigenvalue weighted by Gasteiger charge is 2.27. The summed E-state index contributed by atoms with van der Waals surface area (Å²) in [6.45, 7) is 1.26. The Hall–Kier alpha value is -2.74. The smallest absolute Gasteiger partial charge is 0.252 e. The van der Waals surface area contributed by atoms with Crippen LogP contribution in [0.25, 0.3) is 10.9 Å². The van der Waals surface area contributed by atoms with Crippen LogP contribution in [0.2, 0.25) is 0 Å². The Bertz CT molecular complexity index is 1090. The molecule has 3 aromatic rings. The quantitative estimate of drug-likeness (QED) is 0.626. The average molecular weight is 423 g/mol. The van der Waals surface area contributed by atoms with Crippen LogP contribution in [0.3, 0.4) is 0 Å². The van der Waals surface area contributed by atoms with Gasteiger partial charge in [-0.25, -0.2) is 4.68 Å². The lowest BCUT2D eigenvalue weighted by atomic mass is 10.1. The zero-order valence-electron chi connectivity index (χ0n) is 18.1. The van der Waals surface area contributed by atoms with Gasteiger partial charge < -0.3 is 9.72 Å². The molecule has 8 nitrogen and oxygen atoms in total. The Morgan fingerprint density at radius 1 is 1.10 bits per heavy atom. The first kappa shape index (κ1) is 20.2. The zero-order valence-corrected chi connectivity index (χ0v) is 18.1. The van der Waals surface area contributed by atoms with Gasteiger partial charge in [0.2, 0.25) is 0 Å². The number of benzene rings is 1. The molecule has 1 N–H and O–H groups in total. The summed E-state index contributed by atoms with van der Waals surface area (Å²) in [5.74, 6) is 1.70. The van der Waals surface area contributed by atoms with Crippen LogP contribution in [-0.2, 0) is 13.1 Å². The van der Waals surface area contributed by atoms with E-state index in [1.807, 2.05) is 28.9 Å². The molecule has 8 heteroatoms. The summed E-state index contributed by atoms with van der Waals surface area (Å²) in [4.78, 5) is 18.3. The molecule has 2 aromatic heterocycles. The van der Waals surface area contributed by atoms with Crippen molar-refractivity contribution in [1.29, 1.82) is 0 Å². The van der Waals surface area contributed by atoms with Crippen LogP contribution in [0.1, 0.15) is 68.8 Å². The molecular weight excluding hydrogens is 392 g/mol. The van der Waals surface area contributed by atoms with E-state index in [1.165, 1.54) is 25.7 Å². The monoisotopic (exact) mass is 422 g/mol. The number of nitrogens with zero attached hydrogens (tertiary/aromatic N) is 5. The highest BCUT2D eigenvalue weighted by Crippen LogP contribution is 2.31. The molecular formula is C23H30N6O2. The predicted octanol–water partition coefficient (Wildman–Crippen LogP) is 3.58. The van der Waals surface area contributed by atoms with Gasteiger partial charge in [0.1, 0.15) is 5.75 Å². The molecule has 2 saturated carbocycles. The van der Waals surface area contributed by atoms with Gasteiger partial charge >= 0.3 is 0 Å². The highest BCUT2D eigenvalue weighted by atomic mass is 16.5. The van der Waals surface area contributed by atoms with Gasteiger partial charge in [-0.05, 0) is 60.4 Å². The van der Waals surface area contributed by atoms with Crippen molar-refractivity contribution in [1.82, 2.24) is 30.1 Å². The number of methoxy groups -OCH3 is 1. The summed E-state index contributed by atoms with van der Waals surface area (Å²) >= 11 is 0. The Morgan fingerprint density at radius 2 is 1.87 bits per heavy atom. The van der Waals surface area contributed by atoms with Gasteiger partial charge in [0.05, 0.1) is 19.7 Å². The van der Waals surface area contributed by atoms with Crippen molar-refractivity contribution in [3.8, 4) is 5.75 Å². The summed E-state index contributed by atoms with van der Waals surface area (Å²) in [6.07, 6.45) is 9.56. The van der Waals surface area contributed by atoms with Gasteiger partial charge in [-0.3, -0.25) is 9.69 Å². The summed E-state index contributed by atoms with van der Waals surface area (Å²) < 4.78 is 7.39. The Balaban J connectivity index is 1.44. The van der Waals surface area contributed by atoms with E-state index < -0.39 is 0 Å². The first-order chi connectivity index (χ1) is 15.2. The van der Waals surface area contributed by atoms with E-state index in [0.717, 1.165) is 53.7 Å². The van der Waals surface area contributed by atoms with Crippen LogP contribution in [0.5, 0.6) is 5.75 Å². The number of pyridine rings is 1. The molecule has 2 aliphatic rings. The number of rotatable bonds is 7. The Morgan fingerprint density at radius 3 is 2.65 bits per heavy atom. The number of tetrazole rings is 1. The van der Waals surface area contributed by atoms with Crippen LogP contribution in [0, 0.1) is 0 Å². The van der Waals surface area contributed by atoms with Crippen molar-refractivity contribution in [2.24, 2.45) is 0 Å². The minimum atomic E-state index is -0.0314. The van der Waals surface area contributed by atoms with E-state index in [0.29, 0.717) is 25.2 Å². The molecule has 0 radical (unpaired) electrons. The lowest BCUT2D eigenvalue weighted by Gasteiger charge is -2.28. The van der Waals surface area contributed by atoms with Crippen molar-refractivity contribution in [3.05, 3.63) is 46.0 Å².